The molecule has 0 spiro atoms. The maximum Gasteiger partial charge on any atom is 0.232 e. The molecule has 0 aliphatic heterocycles. The Morgan fingerprint density at radius 1 is 1.07 bits per heavy atom. The Labute approximate surface area is 163 Å². The lowest BCUT2D eigenvalue weighted by molar-refractivity contribution is 0.196. The van der Waals surface area contributed by atoms with Crippen LogP contribution in [0.15, 0.2) is 54.6 Å². The molecule has 0 aliphatic rings. The van der Waals surface area contributed by atoms with Gasteiger partial charge in [-0.2, -0.15) is 15.0 Å². The van der Waals surface area contributed by atoms with Crippen molar-refractivity contribution in [1.29, 1.82) is 0 Å². The number of rotatable bonds is 8. The van der Waals surface area contributed by atoms with Gasteiger partial charge in [0.2, 0.25) is 11.9 Å². The van der Waals surface area contributed by atoms with Crippen molar-refractivity contribution in [2.45, 2.75) is 13.0 Å². The van der Waals surface area contributed by atoms with Crippen molar-refractivity contribution >= 4 is 17.6 Å². The molecule has 0 saturated carbocycles. The highest BCUT2D eigenvalue weighted by molar-refractivity contribution is 5.53. The van der Waals surface area contributed by atoms with Crippen molar-refractivity contribution in [2.75, 3.05) is 31.2 Å². The second-order valence-corrected chi connectivity index (χ2v) is 6.33. The molecule has 146 valence electrons. The van der Waals surface area contributed by atoms with Crippen molar-refractivity contribution < 1.29 is 9.13 Å². The van der Waals surface area contributed by atoms with Crippen LogP contribution in [0.3, 0.4) is 0 Å². The van der Waals surface area contributed by atoms with Crippen LogP contribution in [0.2, 0.25) is 0 Å². The van der Waals surface area contributed by atoms with Gasteiger partial charge in [-0.1, -0.05) is 18.2 Å². The van der Waals surface area contributed by atoms with E-state index < -0.39 is 0 Å². The SMILES string of the molecule is CC(c1nc(N)nc(Nc2ccccc2)n1)N(C)CCOc1ccc(F)cc1. The predicted molar refractivity (Wildman–Crippen MR) is 107 cm³/mol. The predicted octanol–water partition coefficient (Wildman–Crippen LogP) is 3.41. The minimum absolute atomic E-state index is 0.0987. The number of halogens is 1. The molecule has 1 atom stereocenters. The fourth-order valence-electron chi connectivity index (χ4n) is 2.53. The Balaban J connectivity index is 1.60. The Morgan fingerprint density at radius 2 is 1.79 bits per heavy atom. The molecule has 3 aromatic rings. The average molecular weight is 382 g/mol. The molecule has 0 radical (unpaired) electrons. The van der Waals surface area contributed by atoms with E-state index in [1.807, 2.05) is 49.2 Å². The zero-order valence-corrected chi connectivity index (χ0v) is 15.8. The van der Waals surface area contributed by atoms with Crippen molar-refractivity contribution in [2.24, 2.45) is 0 Å². The van der Waals surface area contributed by atoms with E-state index in [-0.39, 0.29) is 17.8 Å². The standard InChI is InChI=1S/C20H23FN6O/c1-14(27(2)12-13-28-17-10-8-15(21)9-11-17)18-24-19(22)26-20(25-18)23-16-6-4-3-5-7-16/h3-11,14H,12-13H2,1-2H3,(H3,22,23,24,25,26). The minimum atomic E-state index is -0.287. The monoisotopic (exact) mass is 382 g/mol. The van der Waals surface area contributed by atoms with Crippen molar-refractivity contribution in [3.8, 4) is 5.75 Å². The molecule has 0 amide bonds. The van der Waals surface area contributed by atoms with Gasteiger partial charge in [0, 0.05) is 12.2 Å². The van der Waals surface area contributed by atoms with Gasteiger partial charge >= 0.3 is 0 Å². The third-order valence-corrected chi connectivity index (χ3v) is 4.26. The number of nitrogen functional groups attached to an aromatic ring is 1. The maximum absolute atomic E-state index is 12.9. The first kappa shape index (κ1) is 19.5. The minimum Gasteiger partial charge on any atom is -0.492 e. The molecule has 0 bridgehead atoms. The molecular weight excluding hydrogens is 359 g/mol. The fourth-order valence-corrected chi connectivity index (χ4v) is 2.53. The second-order valence-electron chi connectivity index (χ2n) is 6.33. The van der Waals surface area contributed by atoms with E-state index in [2.05, 4.69) is 20.3 Å². The number of para-hydroxylation sites is 1. The van der Waals surface area contributed by atoms with Crippen LogP contribution in [0.1, 0.15) is 18.8 Å². The number of nitrogens with zero attached hydrogens (tertiary/aromatic N) is 4. The lowest BCUT2D eigenvalue weighted by Crippen LogP contribution is -2.29. The van der Waals surface area contributed by atoms with Crippen LogP contribution in [0.25, 0.3) is 0 Å². The number of ether oxygens (including phenoxy) is 1. The first-order valence-corrected chi connectivity index (χ1v) is 8.93. The third-order valence-electron chi connectivity index (χ3n) is 4.26. The summed E-state index contributed by atoms with van der Waals surface area (Å²) in [7, 11) is 1.95. The van der Waals surface area contributed by atoms with E-state index in [9.17, 15) is 4.39 Å². The highest BCUT2D eigenvalue weighted by Gasteiger charge is 2.17. The van der Waals surface area contributed by atoms with Crippen LogP contribution >= 0.6 is 0 Å². The zero-order valence-electron chi connectivity index (χ0n) is 15.8. The number of nitrogens with two attached hydrogens (primary N) is 1. The summed E-state index contributed by atoms with van der Waals surface area (Å²) in [5.41, 5.74) is 6.73. The summed E-state index contributed by atoms with van der Waals surface area (Å²) < 4.78 is 18.6. The molecule has 2 aromatic carbocycles. The third kappa shape index (κ3) is 5.37. The van der Waals surface area contributed by atoms with Crippen LogP contribution in [-0.4, -0.2) is 40.1 Å². The summed E-state index contributed by atoms with van der Waals surface area (Å²) >= 11 is 0. The quantitative estimate of drug-likeness (QED) is 0.617. The molecule has 28 heavy (non-hydrogen) atoms. The fraction of sp³-hybridized carbons (Fsp3) is 0.250. The lowest BCUT2D eigenvalue weighted by Gasteiger charge is -2.23. The van der Waals surface area contributed by atoms with Gasteiger partial charge < -0.3 is 15.8 Å². The molecule has 3 rings (SSSR count). The Kier molecular flexibility index (Phi) is 6.33. The first-order valence-electron chi connectivity index (χ1n) is 8.93. The second kappa shape index (κ2) is 9.09. The van der Waals surface area contributed by atoms with Crippen LogP contribution < -0.4 is 15.8 Å². The van der Waals surface area contributed by atoms with Gasteiger partial charge in [-0.3, -0.25) is 4.90 Å². The summed E-state index contributed by atoms with van der Waals surface area (Å²) in [5.74, 6) is 1.46. The molecule has 0 aliphatic carbocycles. The number of aromatic nitrogens is 3. The van der Waals surface area contributed by atoms with Gasteiger partial charge in [0.15, 0.2) is 5.82 Å². The van der Waals surface area contributed by atoms with E-state index in [0.29, 0.717) is 30.7 Å². The van der Waals surface area contributed by atoms with E-state index >= 15 is 0 Å². The number of likely N-dealkylation sites (N-methyl/N-ethyl adjacent to an activating group) is 1. The summed E-state index contributed by atoms with van der Waals surface area (Å²) in [6, 6.07) is 15.5. The van der Waals surface area contributed by atoms with Crippen molar-refractivity contribution in [3.63, 3.8) is 0 Å². The molecule has 1 aromatic heterocycles. The molecular formula is C20H23FN6O. The van der Waals surface area contributed by atoms with Gasteiger partial charge in [-0.25, -0.2) is 4.39 Å². The van der Waals surface area contributed by atoms with Gasteiger partial charge in [0.05, 0.1) is 6.04 Å². The molecule has 8 heteroatoms. The van der Waals surface area contributed by atoms with E-state index in [1.165, 1.54) is 12.1 Å². The summed E-state index contributed by atoms with van der Waals surface area (Å²) in [6.07, 6.45) is 0. The van der Waals surface area contributed by atoms with Crippen molar-refractivity contribution in [1.82, 2.24) is 19.9 Å². The molecule has 0 fully saturated rings. The topological polar surface area (TPSA) is 89.2 Å². The van der Waals surface area contributed by atoms with E-state index in [1.54, 1.807) is 12.1 Å². The van der Waals surface area contributed by atoms with E-state index in [0.717, 1.165) is 5.69 Å². The number of nitrogens with one attached hydrogen (secondary N) is 1. The molecule has 1 unspecified atom stereocenters. The van der Waals surface area contributed by atoms with Gasteiger partial charge in [0.1, 0.15) is 18.2 Å². The number of benzene rings is 2. The van der Waals surface area contributed by atoms with Crippen molar-refractivity contribution in [3.05, 3.63) is 66.2 Å². The van der Waals surface area contributed by atoms with Crippen LogP contribution in [0.4, 0.5) is 22.0 Å². The number of hydrogen-bond acceptors (Lipinski definition) is 7. The molecule has 3 N–H and O–H groups in total. The Morgan fingerprint density at radius 3 is 2.50 bits per heavy atom. The highest BCUT2D eigenvalue weighted by Crippen LogP contribution is 2.19. The first-order chi connectivity index (χ1) is 13.5. The van der Waals surface area contributed by atoms with Gasteiger partial charge in [-0.15, -0.1) is 0 Å². The summed E-state index contributed by atoms with van der Waals surface area (Å²) in [6.45, 7) is 3.06. The Hall–Kier alpha value is -3.26. The molecule has 1 heterocycles. The number of hydrogen-bond donors (Lipinski definition) is 2. The van der Waals surface area contributed by atoms with Crippen LogP contribution in [0.5, 0.6) is 5.75 Å². The van der Waals surface area contributed by atoms with E-state index in [4.69, 9.17) is 10.5 Å². The highest BCUT2D eigenvalue weighted by atomic mass is 19.1. The van der Waals surface area contributed by atoms with Gasteiger partial charge in [-0.05, 0) is 50.4 Å². The normalized spacial score (nSPS) is 12.0. The van der Waals surface area contributed by atoms with Gasteiger partial charge in [0.25, 0.3) is 0 Å². The Bertz CT molecular complexity index is 891. The average Bonchev–Trinajstić information content (AvgIpc) is 2.69. The van der Waals surface area contributed by atoms with Crippen LogP contribution in [0, 0.1) is 5.82 Å². The zero-order chi connectivity index (χ0) is 19.9. The summed E-state index contributed by atoms with van der Waals surface area (Å²) in [4.78, 5) is 14.9. The molecule has 0 saturated heterocycles. The lowest BCUT2D eigenvalue weighted by atomic mass is 10.3. The largest absolute Gasteiger partial charge is 0.492 e. The summed E-state index contributed by atoms with van der Waals surface area (Å²) in [5, 5.41) is 3.13. The van der Waals surface area contributed by atoms with Crippen LogP contribution in [-0.2, 0) is 0 Å². The number of anilines is 3. The maximum atomic E-state index is 12.9. The smallest absolute Gasteiger partial charge is 0.232 e. The molecule has 7 nitrogen and oxygen atoms in total.